The van der Waals surface area contributed by atoms with Crippen LogP contribution >= 0.6 is 0 Å². The highest BCUT2D eigenvalue weighted by Crippen LogP contribution is 2.49. The number of fused-ring (bicyclic) bond motifs is 2. The summed E-state index contributed by atoms with van der Waals surface area (Å²) in [5, 5.41) is 2.81. The molecular weight excluding hydrogens is 318 g/mol. The Labute approximate surface area is 130 Å². The molecule has 128 valence electrons. The molecule has 2 fully saturated rings. The van der Waals surface area contributed by atoms with Crippen molar-refractivity contribution in [2.75, 3.05) is 6.61 Å². The zero-order chi connectivity index (χ0) is 16.8. The van der Waals surface area contributed by atoms with E-state index in [9.17, 15) is 27.2 Å². The van der Waals surface area contributed by atoms with Gasteiger partial charge in [-0.05, 0) is 31.1 Å². The lowest BCUT2D eigenvalue weighted by atomic mass is 9.82. The molecule has 3 aliphatic carbocycles. The van der Waals surface area contributed by atoms with Crippen LogP contribution in [0.15, 0.2) is 12.2 Å². The third kappa shape index (κ3) is 3.21. The molecule has 0 saturated heterocycles. The van der Waals surface area contributed by atoms with Gasteiger partial charge in [-0.25, -0.2) is 8.78 Å². The van der Waals surface area contributed by atoms with Gasteiger partial charge in [0.15, 0.2) is 6.61 Å². The van der Waals surface area contributed by atoms with Gasteiger partial charge in [0.25, 0.3) is 0 Å². The first-order valence-corrected chi connectivity index (χ1v) is 7.61. The zero-order valence-corrected chi connectivity index (χ0v) is 12.2. The smallest absolute Gasteiger partial charge is 0.340 e. The van der Waals surface area contributed by atoms with E-state index in [0.717, 1.165) is 12.8 Å². The highest BCUT2D eigenvalue weighted by atomic mass is 19.3. The van der Waals surface area contributed by atoms with Crippen molar-refractivity contribution in [3.8, 4) is 0 Å². The van der Waals surface area contributed by atoms with Crippen molar-refractivity contribution in [3.05, 3.63) is 12.2 Å². The van der Waals surface area contributed by atoms with Gasteiger partial charge in [0.05, 0.1) is 11.8 Å². The maximum Gasteiger partial charge on any atom is 0.340 e. The number of halogens is 4. The van der Waals surface area contributed by atoms with E-state index in [2.05, 4.69) is 10.1 Å². The van der Waals surface area contributed by atoms with Crippen molar-refractivity contribution in [3.63, 3.8) is 0 Å². The Morgan fingerprint density at radius 3 is 2.35 bits per heavy atom. The minimum Gasteiger partial charge on any atom is -0.459 e. The number of ether oxygens (including phenoxy) is 1. The molecule has 0 aliphatic heterocycles. The second kappa shape index (κ2) is 5.79. The van der Waals surface area contributed by atoms with Crippen molar-refractivity contribution in [2.24, 2.45) is 23.7 Å². The Bertz CT molecular complexity index is 533. The molecule has 0 radical (unpaired) electrons. The summed E-state index contributed by atoms with van der Waals surface area (Å²) < 4.78 is 54.5. The normalized spacial score (nSPS) is 32.4. The van der Waals surface area contributed by atoms with Crippen LogP contribution < -0.4 is 5.32 Å². The SMILES string of the molecule is O=C(NC1CC1)[C@@H]1[C@@H](C(=O)OCC(F)(F)C(F)F)[C@H]2C=C[C@@H]1C2. The Morgan fingerprint density at radius 1 is 1.17 bits per heavy atom. The Balaban J connectivity index is 1.65. The van der Waals surface area contributed by atoms with Crippen molar-refractivity contribution in [1.29, 1.82) is 0 Å². The fourth-order valence-electron chi connectivity index (χ4n) is 3.35. The van der Waals surface area contributed by atoms with Crippen molar-refractivity contribution < 1.29 is 31.9 Å². The summed E-state index contributed by atoms with van der Waals surface area (Å²) in [5.41, 5.74) is 0. The number of amides is 1. The standard InChI is InChI=1S/C15H17F4NO3/c16-14(17)15(18,19)6-23-13(22)11-8-2-1-7(5-8)10(11)12(21)20-9-3-4-9/h1-2,7-11,14H,3-6H2,(H,20,21)/t7-,8+,10+,11+/m1/s1. The number of esters is 1. The van der Waals surface area contributed by atoms with Gasteiger partial charge >= 0.3 is 18.3 Å². The van der Waals surface area contributed by atoms with E-state index in [1.807, 2.05) is 6.08 Å². The topological polar surface area (TPSA) is 55.4 Å². The van der Waals surface area contributed by atoms with Crippen LogP contribution in [0.25, 0.3) is 0 Å². The largest absolute Gasteiger partial charge is 0.459 e. The van der Waals surface area contributed by atoms with Crippen LogP contribution in [-0.4, -0.2) is 36.9 Å². The van der Waals surface area contributed by atoms with Crippen LogP contribution in [0.3, 0.4) is 0 Å². The Kier molecular flexibility index (Phi) is 4.10. The molecule has 0 unspecified atom stereocenters. The number of carbonyl (C=O) groups is 2. The second-order valence-corrected chi connectivity index (χ2v) is 6.45. The summed E-state index contributed by atoms with van der Waals surface area (Å²) >= 11 is 0. The summed E-state index contributed by atoms with van der Waals surface area (Å²) in [7, 11) is 0. The van der Waals surface area contributed by atoms with Gasteiger partial charge in [-0.15, -0.1) is 0 Å². The van der Waals surface area contributed by atoms with Gasteiger partial charge in [-0.1, -0.05) is 12.2 Å². The molecule has 3 aliphatic rings. The van der Waals surface area contributed by atoms with Crippen molar-refractivity contribution >= 4 is 11.9 Å². The summed E-state index contributed by atoms with van der Waals surface area (Å²) in [6.07, 6.45) is 2.07. The predicted molar refractivity (Wildman–Crippen MR) is 70.8 cm³/mol. The summed E-state index contributed by atoms with van der Waals surface area (Å²) in [4.78, 5) is 24.4. The van der Waals surface area contributed by atoms with Gasteiger partial charge in [0.1, 0.15) is 0 Å². The van der Waals surface area contributed by atoms with E-state index in [1.54, 1.807) is 6.08 Å². The molecule has 2 saturated carbocycles. The van der Waals surface area contributed by atoms with Gasteiger partial charge in [-0.2, -0.15) is 8.78 Å². The zero-order valence-electron chi connectivity index (χ0n) is 12.2. The molecule has 4 nitrogen and oxygen atoms in total. The van der Waals surface area contributed by atoms with Crippen molar-refractivity contribution in [1.82, 2.24) is 5.32 Å². The number of rotatable bonds is 6. The molecule has 0 aromatic carbocycles. The molecule has 2 bridgehead atoms. The van der Waals surface area contributed by atoms with Gasteiger partial charge in [0, 0.05) is 6.04 Å². The number of alkyl halides is 4. The van der Waals surface area contributed by atoms with E-state index >= 15 is 0 Å². The summed E-state index contributed by atoms with van der Waals surface area (Å²) in [6, 6.07) is 0.116. The average molecular weight is 335 g/mol. The molecule has 23 heavy (non-hydrogen) atoms. The third-order valence-electron chi connectivity index (χ3n) is 4.68. The molecule has 1 amide bonds. The van der Waals surface area contributed by atoms with Crippen LogP contribution in [0.2, 0.25) is 0 Å². The monoisotopic (exact) mass is 335 g/mol. The lowest BCUT2D eigenvalue weighted by Gasteiger charge is -2.26. The molecule has 1 N–H and O–H groups in total. The van der Waals surface area contributed by atoms with Crippen LogP contribution in [0.4, 0.5) is 17.6 Å². The molecular formula is C15H17F4NO3. The van der Waals surface area contributed by atoms with E-state index in [0.29, 0.717) is 6.42 Å². The first-order chi connectivity index (χ1) is 10.8. The molecule has 0 aromatic rings. The molecule has 3 rings (SSSR count). The Morgan fingerprint density at radius 2 is 1.78 bits per heavy atom. The number of allylic oxidation sites excluding steroid dienone is 2. The molecule has 0 spiro atoms. The van der Waals surface area contributed by atoms with Gasteiger partial charge < -0.3 is 10.1 Å². The molecule has 4 atom stereocenters. The average Bonchev–Trinajstić information content (AvgIpc) is 3.06. The number of nitrogens with one attached hydrogen (secondary N) is 1. The lowest BCUT2D eigenvalue weighted by molar-refractivity contribution is -0.184. The van der Waals surface area contributed by atoms with Crippen LogP contribution in [-0.2, 0) is 14.3 Å². The molecule has 8 heteroatoms. The fourth-order valence-corrected chi connectivity index (χ4v) is 3.35. The predicted octanol–water partition coefficient (Wildman–Crippen LogP) is 2.15. The Hall–Kier alpha value is -1.60. The van der Waals surface area contributed by atoms with Gasteiger partial charge in [-0.3, -0.25) is 9.59 Å². The quantitative estimate of drug-likeness (QED) is 0.460. The highest BCUT2D eigenvalue weighted by molar-refractivity contribution is 5.87. The fraction of sp³-hybridized carbons (Fsp3) is 0.733. The van der Waals surface area contributed by atoms with E-state index in [-0.39, 0.29) is 23.8 Å². The molecule has 0 aromatic heterocycles. The maximum absolute atomic E-state index is 12.9. The number of hydrogen-bond donors (Lipinski definition) is 1. The highest BCUT2D eigenvalue weighted by Gasteiger charge is 2.53. The van der Waals surface area contributed by atoms with E-state index in [4.69, 9.17) is 0 Å². The van der Waals surface area contributed by atoms with Crippen LogP contribution in [0.1, 0.15) is 19.3 Å². The maximum atomic E-state index is 12.9. The summed E-state index contributed by atoms with van der Waals surface area (Å²) in [5.74, 6) is -7.61. The molecule has 0 heterocycles. The second-order valence-electron chi connectivity index (χ2n) is 6.45. The lowest BCUT2D eigenvalue weighted by Crippen LogP contribution is -2.42. The van der Waals surface area contributed by atoms with Crippen LogP contribution in [0, 0.1) is 23.7 Å². The number of carbonyl (C=O) groups excluding carboxylic acids is 2. The minimum atomic E-state index is -4.38. The summed E-state index contributed by atoms with van der Waals surface area (Å²) in [6.45, 7) is -1.67. The van der Waals surface area contributed by atoms with E-state index in [1.165, 1.54) is 0 Å². The number of hydrogen-bond acceptors (Lipinski definition) is 3. The van der Waals surface area contributed by atoms with E-state index < -0.39 is 36.8 Å². The van der Waals surface area contributed by atoms with Gasteiger partial charge in [0.2, 0.25) is 5.91 Å². The minimum absolute atomic E-state index is 0.116. The third-order valence-corrected chi connectivity index (χ3v) is 4.68. The first kappa shape index (κ1) is 16.3. The first-order valence-electron chi connectivity index (χ1n) is 7.61. The van der Waals surface area contributed by atoms with Crippen molar-refractivity contribution in [2.45, 2.75) is 37.7 Å². The van der Waals surface area contributed by atoms with Crippen LogP contribution in [0.5, 0.6) is 0 Å².